The van der Waals surface area contributed by atoms with Crippen LogP contribution in [0.15, 0.2) is 18.2 Å². The zero-order valence-electron chi connectivity index (χ0n) is 10.4. The lowest BCUT2D eigenvalue weighted by molar-refractivity contribution is -0.384. The van der Waals surface area contributed by atoms with Crippen LogP contribution >= 0.6 is 0 Å². The van der Waals surface area contributed by atoms with Crippen molar-refractivity contribution in [2.45, 2.75) is 26.1 Å². The summed E-state index contributed by atoms with van der Waals surface area (Å²) in [7, 11) is 0. The molecule has 0 aromatic heterocycles. The highest BCUT2D eigenvalue weighted by Crippen LogP contribution is 2.29. The van der Waals surface area contributed by atoms with E-state index in [1.165, 1.54) is 6.07 Å². The van der Waals surface area contributed by atoms with E-state index >= 15 is 0 Å². The highest BCUT2D eigenvalue weighted by atomic mass is 19.4. The average molecular weight is 277 g/mol. The van der Waals surface area contributed by atoms with Gasteiger partial charge in [-0.15, -0.1) is 0 Å². The molecule has 1 aromatic carbocycles. The molecule has 106 valence electrons. The molecule has 0 aliphatic carbocycles. The van der Waals surface area contributed by atoms with Crippen LogP contribution in [0.4, 0.5) is 30.2 Å². The standard InChI is InChI=1S/C11H14F3N3O2/c1-7(2)16(6-11(12,13)14)9-3-8(15)4-10(5-9)17(18)19/h3-5,7H,6,15H2,1-2H3. The first kappa shape index (κ1) is 15.1. The number of nitrogen functional groups attached to an aromatic ring is 1. The number of nitro groups is 1. The highest BCUT2D eigenvalue weighted by molar-refractivity contribution is 5.63. The molecule has 0 fully saturated rings. The van der Waals surface area contributed by atoms with E-state index in [-0.39, 0.29) is 17.1 Å². The second-order valence-electron chi connectivity index (χ2n) is 4.38. The third-order valence-electron chi connectivity index (χ3n) is 2.44. The van der Waals surface area contributed by atoms with Crippen LogP contribution in [-0.2, 0) is 0 Å². The SMILES string of the molecule is CC(C)N(CC(F)(F)F)c1cc(N)cc([N+](=O)[O-])c1. The van der Waals surface area contributed by atoms with Crippen molar-refractivity contribution in [2.75, 3.05) is 17.2 Å². The number of alkyl halides is 3. The summed E-state index contributed by atoms with van der Waals surface area (Å²) in [6, 6.07) is 3.01. The van der Waals surface area contributed by atoms with Crippen molar-refractivity contribution in [2.24, 2.45) is 0 Å². The van der Waals surface area contributed by atoms with Gasteiger partial charge in [-0.3, -0.25) is 10.1 Å². The smallest absolute Gasteiger partial charge is 0.398 e. The summed E-state index contributed by atoms with van der Waals surface area (Å²) in [4.78, 5) is 11.0. The van der Waals surface area contributed by atoms with Gasteiger partial charge >= 0.3 is 6.18 Å². The first-order valence-electron chi connectivity index (χ1n) is 5.48. The molecule has 2 N–H and O–H groups in total. The third-order valence-corrected chi connectivity index (χ3v) is 2.44. The molecule has 1 aromatic rings. The lowest BCUT2D eigenvalue weighted by Crippen LogP contribution is -2.39. The van der Waals surface area contributed by atoms with Crippen LogP contribution in [0.1, 0.15) is 13.8 Å². The second-order valence-corrected chi connectivity index (χ2v) is 4.38. The number of anilines is 2. The maximum Gasteiger partial charge on any atom is 0.405 e. The molecule has 0 heterocycles. The van der Waals surface area contributed by atoms with Gasteiger partial charge in [0.25, 0.3) is 5.69 Å². The maximum absolute atomic E-state index is 12.5. The van der Waals surface area contributed by atoms with Crippen molar-refractivity contribution in [3.8, 4) is 0 Å². The van der Waals surface area contributed by atoms with Gasteiger partial charge in [0.1, 0.15) is 6.54 Å². The van der Waals surface area contributed by atoms with Crippen LogP contribution in [0.2, 0.25) is 0 Å². The van der Waals surface area contributed by atoms with Crippen LogP contribution in [0.3, 0.4) is 0 Å². The Hall–Kier alpha value is -1.99. The van der Waals surface area contributed by atoms with Crippen molar-refractivity contribution in [1.29, 1.82) is 0 Å². The molecule has 0 aliphatic heterocycles. The van der Waals surface area contributed by atoms with Gasteiger partial charge in [0, 0.05) is 29.5 Å². The topological polar surface area (TPSA) is 72.4 Å². The van der Waals surface area contributed by atoms with Crippen LogP contribution in [0.5, 0.6) is 0 Å². The molecule has 0 atom stereocenters. The first-order valence-corrected chi connectivity index (χ1v) is 5.48. The molecule has 0 saturated heterocycles. The fourth-order valence-electron chi connectivity index (χ4n) is 1.65. The number of benzene rings is 1. The Bertz CT molecular complexity index is 475. The highest BCUT2D eigenvalue weighted by Gasteiger charge is 2.32. The Morgan fingerprint density at radius 1 is 1.37 bits per heavy atom. The Kier molecular flexibility index (Phi) is 4.23. The van der Waals surface area contributed by atoms with Gasteiger partial charge in [0.05, 0.1) is 4.92 Å². The Morgan fingerprint density at radius 2 is 1.95 bits per heavy atom. The van der Waals surface area contributed by atoms with Crippen molar-refractivity contribution in [3.05, 3.63) is 28.3 Å². The van der Waals surface area contributed by atoms with E-state index < -0.39 is 23.7 Å². The number of halogens is 3. The largest absolute Gasteiger partial charge is 0.405 e. The third kappa shape index (κ3) is 4.31. The maximum atomic E-state index is 12.5. The Morgan fingerprint density at radius 3 is 2.37 bits per heavy atom. The van der Waals surface area contributed by atoms with Gasteiger partial charge in [-0.2, -0.15) is 13.2 Å². The second kappa shape index (κ2) is 5.33. The van der Waals surface area contributed by atoms with E-state index in [1.807, 2.05) is 0 Å². The first-order chi connectivity index (χ1) is 8.60. The minimum atomic E-state index is -4.40. The number of non-ortho nitro benzene ring substituents is 1. The number of rotatable bonds is 4. The molecule has 0 unspecified atom stereocenters. The van der Waals surface area contributed by atoms with Gasteiger partial charge in [-0.05, 0) is 19.9 Å². The Balaban J connectivity index is 3.19. The van der Waals surface area contributed by atoms with Gasteiger partial charge < -0.3 is 10.6 Å². The van der Waals surface area contributed by atoms with E-state index in [9.17, 15) is 23.3 Å². The van der Waals surface area contributed by atoms with Crippen LogP contribution in [0.25, 0.3) is 0 Å². The molecule has 1 rings (SSSR count). The van der Waals surface area contributed by atoms with E-state index in [2.05, 4.69) is 0 Å². The van der Waals surface area contributed by atoms with Crippen LogP contribution in [0, 0.1) is 10.1 Å². The lowest BCUT2D eigenvalue weighted by Gasteiger charge is -2.29. The summed E-state index contributed by atoms with van der Waals surface area (Å²) in [5.74, 6) is 0. The number of nitro benzene ring substituents is 1. The van der Waals surface area contributed by atoms with E-state index in [1.54, 1.807) is 13.8 Å². The van der Waals surface area contributed by atoms with Crippen molar-refractivity contribution < 1.29 is 18.1 Å². The van der Waals surface area contributed by atoms with Gasteiger partial charge in [0.15, 0.2) is 0 Å². The fraction of sp³-hybridized carbons (Fsp3) is 0.455. The summed E-state index contributed by atoms with van der Waals surface area (Å²) in [6.45, 7) is 1.95. The molecular weight excluding hydrogens is 263 g/mol. The number of hydrogen-bond acceptors (Lipinski definition) is 4. The number of nitrogens with two attached hydrogens (primary N) is 1. The zero-order chi connectivity index (χ0) is 14.8. The minimum Gasteiger partial charge on any atom is -0.398 e. The summed E-state index contributed by atoms with van der Waals surface area (Å²) in [5, 5.41) is 10.7. The summed E-state index contributed by atoms with van der Waals surface area (Å²) in [5.41, 5.74) is 5.29. The lowest BCUT2D eigenvalue weighted by atomic mass is 10.2. The predicted octanol–water partition coefficient (Wildman–Crippen LogP) is 2.95. The zero-order valence-corrected chi connectivity index (χ0v) is 10.4. The average Bonchev–Trinajstić information content (AvgIpc) is 2.23. The number of nitrogens with zero attached hydrogens (tertiary/aromatic N) is 2. The molecule has 0 amide bonds. The quantitative estimate of drug-likeness (QED) is 0.521. The summed E-state index contributed by atoms with van der Waals surface area (Å²) in [6.07, 6.45) is -4.40. The van der Waals surface area contributed by atoms with Gasteiger partial charge in [-0.25, -0.2) is 0 Å². The normalized spacial score (nSPS) is 11.7. The van der Waals surface area contributed by atoms with Crippen molar-refractivity contribution in [1.82, 2.24) is 0 Å². The van der Waals surface area contributed by atoms with E-state index in [0.29, 0.717) is 0 Å². The molecule has 0 spiro atoms. The van der Waals surface area contributed by atoms with Gasteiger partial charge in [-0.1, -0.05) is 0 Å². The van der Waals surface area contributed by atoms with Crippen LogP contribution in [-0.4, -0.2) is 23.7 Å². The Labute approximate surface area is 108 Å². The molecule has 0 radical (unpaired) electrons. The van der Waals surface area contributed by atoms with Crippen LogP contribution < -0.4 is 10.6 Å². The molecular formula is C11H14F3N3O2. The minimum absolute atomic E-state index is 0.0528. The fourth-order valence-corrected chi connectivity index (χ4v) is 1.65. The predicted molar refractivity (Wildman–Crippen MR) is 66.0 cm³/mol. The monoisotopic (exact) mass is 277 g/mol. The number of hydrogen-bond donors (Lipinski definition) is 1. The molecule has 0 aliphatic rings. The summed E-state index contributed by atoms with van der Waals surface area (Å²) < 4.78 is 37.5. The molecule has 19 heavy (non-hydrogen) atoms. The van der Waals surface area contributed by atoms with E-state index in [0.717, 1.165) is 17.0 Å². The van der Waals surface area contributed by atoms with Crippen molar-refractivity contribution in [3.63, 3.8) is 0 Å². The van der Waals surface area contributed by atoms with E-state index in [4.69, 9.17) is 5.73 Å². The molecule has 8 heteroatoms. The molecule has 0 saturated carbocycles. The summed E-state index contributed by atoms with van der Waals surface area (Å²) >= 11 is 0. The van der Waals surface area contributed by atoms with Gasteiger partial charge in [0.2, 0.25) is 0 Å². The molecule has 0 bridgehead atoms. The van der Waals surface area contributed by atoms with Crippen molar-refractivity contribution >= 4 is 17.1 Å². The molecule has 5 nitrogen and oxygen atoms in total.